The van der Waals surface area contributed by atoms with Gasteiger partial charge in [0.1, 0.15) is 0 Å². The number of hydrogen-bond donors (Lipinski definition) is 0. The van der Waals surface area contributed by atoms with Crippen molar-refractivity contribution in [2.75, 3.05) is 4.90 Å². The quantitative estimate of drug-likeness (QED) is 0.178. The van der Waals surface area contributed by atoms with Gasteiger partial charge in [0.15, 0.2) is 0 Å². The lowest BCUT2D eigenvalue weighted by Crippen LogP contribution is -2.12. The second-order valence-corrected chi connectivity index (χ2v) is 12.1. The molecule has 0 amide bonds. The highest BCUT2D eigenvalue weighted by molar-refractivity contribution is 6.26. The fraction of sp³-hybridized carbons (Fsp3) is 0. The fourth-order valence-electron chi connectivity index (χ4n) is 7.32. The molecule has 9 aromatic rings. The van der Waals surface area contributed by atoms with Crippen LogP contribution < -0.4 is 4.90 Å². The molecule has 0 spiro atoms. The molecule has 0 N–H and O–H groups in total. The van der Waals surface area contributed by atoms with Crippen LogP contribution in [0.5, 0.6) is 0 Å². The summed E-state index contributed by atoms with van der Waals surface area (Å²) in [5.41, 5.74) is 8.24. The van der Waals surface area contributed by atoms with Crippen LogP contribution in [0.3, 0.4) is 0 Å². The van der Waals surface area contributed by atoms with Crippen LogP contribution >= 0.6 is 0 Å². The van der Waals surface area contributed by atoms with Gasteiger partial charge in [-0.25, -0.2) is 0 Å². The fourth-order valence-corrected chi connectivity index (χ4v) is 7.32. The number of nitrogens with zero attached hydrogens (tertiary/aromatic N) is 1. The topological polar surface area (TPSA) is 3.24 Å². The minimum Gasteiger partial charge on any atom is -0.309 e. The largest absolute Gasteiger partial charge is 0.309 e. The third-order valence-corrected chi connectivity index (χ3v) is 9.44. The summed E-state index contributed by atoms with van der Waals surface area (Å²) in [6.45, 7) is 0. The number of hydrogen-bond acceptors (Lipinski definition) is 1. The van der Waals surface area contributed by atoms with Gasteiger partial charge < -0.3 is 4.90 Å². The molecule has 0 aliphatic carbocycles. The number of anilines is 3. The van der Waals surface area contributed by atoms with Crippen molar-refractivity contribution < 1.29 is 0 Å². The second kappa shape index (κ2) is 11.3. The Kier molecular flexibility index (Phi) is 6.54. The molecule has 0 atom stereocenters. The number of para-hydroxylation sites is 1. The smallest absolute Gasteiger partial charge is 0.0540 e. The standard InChI is InChI=1S/C46H31N/c1-3-15-32(16-4-1)35-29-30-46(43-25-12-11-20-37(35)43)47(45-26-14-13-19-36(45)33-17-5-2-6-18-33)34-27-28-42-40-23-8-7-21-38(40)39-22-9-10-24-41(39)44(42)31-34/h1-31H. The lowest BCUT2D eigenvalue weighted by atomic mass is 9.93. The Morgan fingerprint density at radius 3 is 1.36 bits per heavy atom. The first kappa shape index (κ1) is 27.2. The SMILES string of the molecule is c1ccc(-c2ccccc2N(c2ccc3c4ccccc4c4ccccc4c3c2)c2ccc(-c3ccccc3)c3ccccc23)cc1. The van der Waals surface area contributed by atoms with E-state index in [1.54, 1.807) is 0 Å². The van der Waals surface area contributed by atoms with Crippen LogP contribution in [-0.2, 0) is 0 Å². The Hall–Kier alpha value is -6.18. The summed E-state index contributed by atoms with van der Waals surface area (Å²) >= 11 is 0. The van der Waals surface area contributed by atoms with Crippen molar-refractivity contribution in [3.63, 3.8) is 0 Å². The number of fused-ring (bicyclic) bond motifs is 7. The van der Waals surface area contributed by atoms with Gasteiger partial charge in [0, 0.05) is 16.6 Å². The van der Waals surface area contributed by atoms with E-state index in [2.05, 4.69) is 193 Å². The van der Waals surface area contributed by atoms with Crippen LogP contribution in [0.4, 0.5) is 17.1 Å². The molecular weight excluding hydrogens is 567 g/mol. The average molecular weight is 598 g/mol. The van der Waals surface area contributed by atoms with Gasteiger partial charge in [-0.05, 0) is 78.7 Å². The molecule has 0 aliphatic rings. The minimum atomic E-state index is 1.12. The second-order valence-electron chi connectivity index (χ2n) is 12.1. The van der Waals surface area contributed by atoms with Crippen LogP contribution in [0, 0.1) is 0 Å². The first-order valence-corrected chi connectivity index (χ1v) is 16.2. The van der Waals surface area contributed by atoms with Crippen molar-refractivity contribution in [1.82, 2.24) is 0 Å². The lowest BCUT2D eigenvalue weighted by Gasteiger charge is -2.30. The van der Waals surface area contributed by atoms with Crippen LogP contribution in [0.15, 0.2) is 188 Å². The Morgan fingerprint density at radius 1 is 0.255 bits per heavy atom. The molecule has 0 saturated carbocycles. The molecule has 0 aromatic heterocycles. The van der Waals surface area contributed by atoms with Crippen LogP contribution in [0.25, 0.3) is 65.3 Å². The van der Waals surface area contributed by atoms with E-state index in [1.807, 2.05) is 0 Å². The van der Waals surface area contributed by atoms with E-state index in [1.165, 1.54) is 65.3 Å². The van der Waals surface area contributed by atoms with E-state index in [0.717, 1.165) is 17.1 Å². The average Bonchev–Trinajstić information content (AvgIpc) is 3.16. The molecule has 0 unspecified atom stereocenters. The van der Waals surface area contributed by atoms with E-state index in [4.69, 9.17) is 0 Å². The molecule has 220 valence electrons. The van der Waals surface area contributed by atoms with E-state index >= 15 is 0 Å². The van der Waals surface area contributed by atoms with E-state index < -0.39 is 0 Å². The molecule has 0 saturated heterocycles. The Balaban J connectivity index is 1.37. The summed E-state index contributed by atoms with van der Waals surface area (Å²) in [5.74, 6) is 0. The van der Waals surface area contributed by atoms with Gasteiger partial charge >= 0.3 is 0 Å². The molecule has 47 heavy (non-hydrogen) atoms. The van der Waals surface area contributed by atoms with Gasteiger partial charge in [-0.1, -0.05) is 164 Å². The molecule has 1 heteroatoms. The van der Waals surface area contributed by atoms with E-state index in [9.17, 15) is 0 Å². The molecule has 0 bridgehead atoms. The maximum atomic E-state index is 2.46. The van der Waals surface area contributed by atoms with Crippen molar-refractivity contribution in [3.05, 3.63) is 188 Å². The van der Waals surface area contributed by atoms with Gasteiger partial charge in [0.05, 0.1) is 11.4 Å². The third-order valence-electron chi connectivity index (χ3n) is 9.44. The van der Waals surface area contributed by atoms with Gasteiger partial charge in [0.25, 0.3) is 0 Å². The Labute approximate surface area is 274 Å². The molecular formula is C46H31N. The lowest BCUT2D eigenvalue weighted by molar-refractivity contribution is 1.30. The maximum absolute atomic E-state index is 2.46. The van der Waals surface area contributed by atoms with Crippen molar-refractivity contribution in [2.45, 2.75) is 0 Å². The molecule has 0 aliphatic heterocycles. The predicted molar refractivity (Wildman–Crippen MR) is 202 cm³/mol. The zero-order valence-electron chi connectivity index (χ0n) is 25.8. The first-order chi connectivity index (χ1) is 23.3. The summed E-state index contributed by atoms with van der Waals surface area (Å²) in [6.07, 6.45) is 0. The predicted octanol–water partition coefficient (Wildman–Crippen LogP) is 13.1. The van der Waals surface area contributed by atoms with Crippen LogP contribution in [-0.4, -0.2) is 0 Å². The number of rotatable bonds is 5. The molecule has 9 aromatic carbocycles. The van der Waals surface area contributed by atoms with Crippen LogP contribution in [0.2, 0.25) is 0 Å². The van der Waals surface area contributed by atoms with Crippen LogP contribution in [0.1, 0.15) is 0 Å². The van der Waals surface area contributed by atoms with Gasteiger partial charge in [-0.2, -0.15) is 0 Å². The Morgan fingerprint density at radius 2 is 0.723 bits per heavy atom. The number of benzene rings is 9. The van der Waals surface area contributed by atoms with Crippen molar-refractivity contribution in [2.24, 2.45) is 0 Å². The molecule has 0 radical (unpaired) electrons. The summed E-state index contributed by atoms with van der Waals surface area (Å²) < 4.78 is 0. The van der Waals surface area contributed by atoms with Crippen molar-refractivity contribution in [3.8, 4) is 22.3 Å². The zero-order chi connectivity index (χ0) is 31.2. The van der Waals surface area contributed by atoms with Gasteiger partial charge in [-0.15, -0.1) is 0 Å². The summed E-state index contributed by atoms with van der Waals surface area (Å²) in [7, 11) is 0. The maximum Gasteiger partial charge on any atom is 0.0540 e. The Bertz CT molecular complexity index is 2530. The normalized spacial score (nSPS) is 11.4. The summed E-state index contributed by atoms with van der Waals surface area (Å²) in [4.78, 5) is 2.46. The highest BCUT2D eigenvalue weighted by Crippen LogP contribution is 2.46. The van der Waals surface area contributed by atoms with E-state index in [0.29, 0.717) is 0 Å². The monoisotopic (exact) mass is 597 g/mol. The molecule has 0 heterocycles. The van der Waals surface area contributed by atoms with Gasteiger partial charge in [0.2, 0.25) is 0 Å². The third kappa shape index (κ3) is 4.56. The highest BCUT2D eigenvalue weighted by atomic mass is 15.1. The molecule has 9 rings (SSSR count). The highest BCUT2D eigenvalue weighted by Gasteiger charge is 2.21. The van der Waals surface area contributed by atoms with Crippen molar-refractivity contribution in [1.29, 1.82) is 0 Å². The molecule has 1 nitrogen and oxygen atoms in total. The summed E-state index contributed by atoms with van der Waals surface area (Å²) in [5, 5.41) is 10.1. The van der Waals surface area contributed by atoms with E-state index in [-0.39, 0.29) is 0 Å². The molecule has 0 fully saturated rings. The summed E-state index contributed by atoms with van der Waals surface area (Å²) in [6, 6.07) is 68.2. The first-order valence-electron chi connectivity index (χ1n) is 16.2. The minimum absolute atomic E-state index is 1.12. The van der Waals surface area contributed by atoms with Crippen molar-refractivity contribution >= 4 is 60.2 Å². The zero-order valence-corrected chi connectivity index (χ0v) is 25.8. The van der Waals surface area contributed by atoms with Gasteiger partial charge in [-0.3, -0.25) is 0 Å².